The molecule has 116 valence electrons. The fourth-order valence-corrected chi connectivity index (χ4v) is 3.30. The van der Waals surface area contributed by atoms with E-state index in [0.717, 1.165) is 0 Å². The minimum absolute atomic E-state index is 0.0104. The van der Waals surface area contributed by atoms with Crippen LogP contribution < -0.4 is 9.83 Å². The highest BCUT2D eigenvalue weighted by Crippen LogP contribution is 2.21. The first-order valence-corrected chi connectivity index (χ1v) is 8.27. The van der Waals surface area contributed by atoms with Crippen LogP contribution in [-0.4, -0.2) is 14.4 Å². The molecule has 0 aliphatic rings. The van der Waals surface area contributed by atoms with Gasteiger partial charge in [0.15, 0.2) is 0 Å². The number of carboxylic acid groups (broad SMARTS) is 1. The van der Waals surface area contributed by atoms with Gasteiger partial charge in [-0.3, -0.25) is 0 Å². The number of nitrogens with one attached hydrogen (secondary N) is 1. The standard InChI is InChI=1S/C15H14ClNO4S/c16-12-6-8-13(9-7-12)22(20,21)17-14(10-15(18)19)11-4-2-1-3-5-11/h1-9,14,17H,10H2,(H,18,19)/p-1/t14-/m0/s1. The lowest BCUT2D eigenvalue weighted by Crippen LogP contribution is -2.34. The normalized spacial score (nSPS) is 12.8. The number of carbonyl (C=O) groups is 1. The third kappa shape index (κ3) is 4.30. The molecule has 0 aromatic heterocycles. The maximum Gasteiger partial charge on any atom is 0.241 e. The van der Waals surface area contributed by atoms with Gasteiger partial charge in [0, 0.05) is 17.4 Å². The Hall–Kier alpha value is -1.89. The van der Waals surface area contributed by atoms with Crippen LogP contribution in [0, 0.1) is 0 Å². The Bertz CT molecular complexity index is 745. The second-order valence-electron chi connectivity index (χ2n) is 4.61. The van der Waals surface area contributed by atoms with Gasteiger partial charge >= 0.3 is 0 Å². The molecule has 1 atom stereocenters. The molecule has 0 heterocycles. The zero-order chi connectivity index (χ0) is 16.2. The fraction of sp³-hybridized carbons (Fsp3) is 0.133. The molecule has 0 fully saturated rings. The lowest BCUT2D eigenvalue weighted by Gasteiger charge is -2.19. The Balaban J connectivity index is 2.30. The lowest BCUT2D eigenvalue weighted by atomic mass is 10.1. The molecule has 0 radical (unpaired) electrons. The Morgan fingerprint density at radius 1 is 1.09 bits per heavy atom. The number of rotatable bonds is 6. The van der Waals surface area contributed by atoms with Gasteiger partial charge in [-0.1, -0.05) is 41.9 Å². The van der Waals surface area contributed by atoms with E-state index in [1.54, 1.807) is 30.3 Å². The van der Waals surface area contributed by atoms with Crippen LogP contribution in [0.1, 0.15) is 18.0 Å². The van der Waals surface area contributed by atoms with E-state index < -0.39 is 28.5 Å². The minimum Gasteiger partial charge on any atom is -0.550 e. The van der Waals surface area contributed by atoms with E-state index in [4.69, 9.17) is 11.6 Å². The Morgan fingerprint density at radius 2 is 1.68 bits per heavy atom. The predicted molar refractivity (Wildman–Crippen MR) is 80.6 cm³/mol. The van der Waals surface area contributed by atoms with Crippen molar-refractivity contribution in [1.29, 1.82) is 0 Å². The van der Waals surface area contributed by atoms with Crippen molar-refractivity contribution >= 4 is 27.6 Å². The molecule has 2 aromatic rings. The number of aliphatic carboxylic acids is 1. The zero-order valence-electron chi connectivity index (χ0n) is 11.4. The number of hydrogen-bond donors (Lipinski definition) is 1. The number of hydrogen-bond acceptors (Lipinski definition) is 4. The minimum atomic E-state index is -3.87. The van der Waals surface area contributed by atoms with E-state index in [1.807, 2.05) is 0 Å². The summed E-state index contributed by atoms with van der Waals surface area (Å²) in [5.41, 5.74) is 0.546. The molecule has 22 heavy (non-hydrogen) atoms. The van der Waals surface area contributed by atoms with Crippen molar-refractivity contribution in [3.63, 3.8) is 0 Å². The smallest absolute Gasteiger partial charge is 0.241 e. The van der Waals surface area contributed by atoms with E-state index in [-0.39, 0.29) is 4.90 Å². The number of halogens is 1. The quantitative estimate of drug-likeness (QED) is 0.864. The van der Waals surface area contributed by atoms with Gasteiger partial charge in [0.05, 0.1) is 10.9 Å². The first kappa shape index (κ1) is 16.5. The zero-order valence-corrected chi connectivity index (χ0v) is 13.0. The van der Waals surface area contributed by atoms with Crippen molar-refractivity contribution < 1.29 is 18.3 Å². The van der Waals surface area contributed by atoms with Crippen LogP contribution in [-0.2, 0) is 14.8 Å². The summed E-state index contributed by atoms with van der Waals surface area (Å²) in [7, 11) is -3.87. The van der Waals surface area contributed by atoms with Crippen molar-refractivity contribution in [3.05, 3.63) is 65.2 Å². The molecule has 0 bridgehead atoms. The van der Waals surface area contributed by atoms with Gasteiger partial charge in [-0.25, -0.2) is 13.1 Å². The topological polar surface area (TPSA) is 86.3 Å². The van der Waals surface area contributed by atoms with Crippen LogP contribution >= 0.6 is 11.6 Å². The summed E-state index contributed by atoms with van der Waals surface area (Å²) in [4.78, 5) is 10.9. The van der Waals surface area contributed by atoms with Crippen molar-refractivity contribution in [1.82, 2.24) is 4.72 Å². The van der Waals surface area contributed by atoms with E-state index in [9.17, 15) is 18.3 Å². The summed E-state index contributed by atoms with van der Waals surface area (Å²) in [5, 5.41) is 11.3. The lowest BCUT2D eigenvalue weighted by molar-refractivity contribution is -0.306. The van der Waals surface area contributed by atoms with Gasteiger partial charge in [0.25, 0.3) is 0 Å². The average Bonchev–Trinajstić information content (AvgIpc) is 2.47. The molecular formula is C15H13ClNO4S-. The highest BCUT2D eigenvalue weighted by atomic mass is 35.5. The van der Waals surface area contributed by atoms with Gasteiger partial charge in [-0.2, -0.15) is 0 Å². The van der Waals surface area contributed by atoms with Crippen molar-refractivity contribution in [3.8, 4) is 0 Å². The second kappa shape index (κ2) is 6.91. The van der Waals surface area contributed by atoms with E-state index in [0.29, 0.717) is 10.6 Å². The maximum atomic E-state index is 12.3. The van der Waals surface area contributed by atoms with Crippen LogP contribution in [0.15, 0.2) is 59.5 Å². The SMILES string of the molecule is O=C([O-])C[C@H](NS(=O)(=O)c1ccc(Cl)cc1)c1ccccc1. The molecular weight excluding hydrogens is 326 g/mol. The third-order valence-corrected chi connectivity index (χ3v) is 4.73. The van der Waals surface area contributed by atoms with Gasteiger partial charge < -0.3 is 9.90 Å². The molecule has 0 unspecified atom stereocenters. The summed E-state index contributed by atoms with van der Waals surface area (Å²) in [5.74, 6) is -1.34. The van der Waals surface area contributed by atoms with Crippen LogP contribution in [0.2, 0.25) is 5.02 Å². The van der Waals surface area contributed by atoms with Gasteiger partial charge in [-0.05, 0) is 29.8 Å². The first-order chi connectivity index (χ1) is 10.4. The monoisotopic (exact) mass is 338 g/mol. The molecule has 1 N–H and O–H groups in total. The third-order valence-electron chi connectivity index (χ3n) is 2.99. The van der Waals surface area contributed by atoms with Crippen LogP contribution in [0.25, 0.3) is 0 Å². The molecule has 2 rings (SSSR count). The number of carboxylic acids is 1. The molecule has 0 spiro atoms. The summed E-state index contributed by atoms with van der Waals surface area (Å²) in [6.45, 7) is 0. The number of benzene rings is 2. The van der Waals surface area contributed by atoms with E-state index in [1.165, 1.54) is 24.3 Å². The molecule has 0 amide bonds. The molecule has 0 saturated carbocycles. The average molecular weight is 339 g/mol. The maximum absolute atomic E-state index is 12.3. The molecule has 5 nitrogen and oxygen atoms in total. The van der Waals surface area contributed by atoms with E-state index >= 15 is 0 Å². The van der Waals surface area contributed by atoms with Gasteiger partial charge in [0.1, 0.15) is 0 Å². The summed E-state index contributed by atoms with van der Waals surface area (Å²) >= 11 is 5.73. The predicted octanol–water partition coefficient (Wildman–Crippen LogP) is 1.50. The van der Waals surface area contributed by atoms with Crippen LogP contribution in [0.4, 0.5) is 0 Å². The van der Waals surface area contributed by atoms with Crippen LogP contribution in [0.3, 0.4) is 0 Å². The van der Waals surface area contributed by atoms with Crippen LogP contribution in [0.5, 0.6) is 0 Å². The van der Waals surface area contributed by atoms with E-state index in [2.05, 4.69) is 4.72 Å². The summed E-state index contributed by atoms with van der Waals surface area (Å²) < 4.78 is 27.1. The first-order valence-electron chi connectivity index (χ1n) is 6.41. The van der Waals surface area contributed by atoms with Crippen molar-refractivity contribution in [2.24, 2.45) is 0 Å². The number of carbonyl (C=O) groups excluding carboxylic acids is 1. The molecule has 7 heteroatoms. The van der Waals surface area contributed by atoms with Gasteiger partial charge in [0.2, 0.25) is 10.0 Å². The summed E-state index contributed by atoms with van der Waals surface area (Å²) in [6.07, 6.45) is -0.461. The summed E-state index contributed by atoms with van der Waals surface area (Å²) in [6, 6.07) is 13.2. The second-order valence-corrected chi connectivity index (χ2v) is 6.77. The Morgan fingerprint density at radius 3 is 2.23 bits per heavy atom. The molecule has 0 aliphatic heterocycles. The highest BCUT2D eigenvalue weighted by Gasteiger charge is 2.21. The molecule has 0 aliphatic carbocycles. The Labute approximate surface area is 133 Å². The fourth-order valence-electron chi connectivity index (χ4n) is 1.95. The van der Waals surface area contributed by atoms with Gasteiger partial charge in [-0.15, -0.1) is 0 Å². The largest absolute Gasteiger partial charge is 0.550 e. The van der Waals surface area contributed by atoms with Crippen molar-refractivity contribution in [2.45, 2.75) is 17.4 Å². The highest BCUT2D eigenvalue weighted by molar-refractivity contribution is 7.89. The molecule has 0 saturated heterocycles. The Kier molecular flexibility index (Phi) is 5.18. The molecule has 2 aromatic carbocycles. The number of sulfonamides is 1. The van der Waals surface area contributed by atoms with Crippen molar-refractivity contribution in [2.75, 3.05) is 0 Å².